The van der Waals surface area contributed by atoms with E-state index in [1.165, 1.54) is 11.1 Å². The standard InChI is InChI=1S/C27H30FNO/c28-25-14-12-23(13-15-25)27(22-8-3-1-4-9-22)24-16-19-29(20-17-24)18-7-21-30-26-10-5-2-6-11-26/h1-6,8-15,24,27H,7,16-21H2. The third-order valence-corrected chi connectivity index (χ3v) is 6.12. The van der Waals surface area contributed by atoms with Gasteiger partial charge in [0.05, 0.1) is 6.61 Å². The zero-order valence-electron chi connectivity index (χ0n) is 17.4. The van der Waals surface area contributed by atoms with Crippen molar-refractivity contribution in [2.24, 2.45) is 5.92 Å². The molecule has 1 aliphatic rings. The van der Waals surface area contributed by atoms with E-state index >= 15 is 0 Å². The summed E-state index contributed by atoms with van der Waals surface area (Å²) in [4.78, 5) is 2.55. The van der Waals surface area contributed by atoms with Gasteiger partial charge >= 0.3 is 0 Å². The average Bonchev–Trinajstić information content (AvgIpc) is 2.81. The van der Waals surface area contributed by atoms with Gasteiger partial charge in [-0.1, -0.05) is 60.7 Å². The first kappa shape index (κ1) is 20.6. The van der Waals surface area contributed by atoms with Gasteiger partial charge in [-0.2, -0.15) is 0 Å². The lowest BCUT2D eigenvalue weighted by Gasteiger charge is -2.36. The molecule has 0 radical (unpaired) electrons. The van der Waals surface area contributed by atoms with Crippen LogP contribution >= 0.6 is 0 Å². The van der Waals surface area contributed by atoms with Crippen molar-refractivity contribution in [2.75, 3.05) is 26.2 Å². The Hall–Kier alpha value is -2.65. The van der Waals surface area contributed by atoms with Gasteiger partial charge in [-0.3, -0.25) is 0 Å². The van der Waals surface area contributed by atoms with Gasteiger partial charge in [-0.25, -0.2) is 4.39 Å². The molecule has 1 unspecified atom stereocenters. The number of ether oxygens (including phenoxy) is 1. The lowest BCUT2D eigenvalue weighted by molar-refractivity contribution is 0.163. The molecule has 4 rings (SSSR count). The first-order valence-electron chi connectivity index (χ1n) is 11.0. The Balaban J connectivity index is 1.32. The maximum absolute atomic E-state index is 13.5. The van der Waals surface area contributed by atoms with E-state index in [0.717, 1.165) is 51.3 Å². The van der Waals surface area contributed by atoms with Crippen LogP contribution in [-0.2, 0) is 0 Å². The number of nitrogens with zero attached hydrogens (tertiary/aromatic N) is 1. The van der Waals surface area contributed by atoms with Crippen molar-refractivity contribution < 1.29 is 9.13 Å². The summed E-state index contributed by atoms with van der Waals surface area (Å²) < 4.78 is 19.3. The van der Waals surface area contributed by atoms with Crippen LogP contribution in [0.4, 0.5) is 4.39 Å². The third-order valence-electron chi connectivity index (χ3n) is 6.12. The average molecular weight is 404 g/mol. The number of para-hydroxylation sites is 1. The fourth-order valence-corrected chi connectivity index (χ4v) is 4.57. The molecule has 30 heavy (non-hydrogen) atoms. The molecule has 0 bridgehead atoms. The van der Waals surface area contributed by atoms with Crippen LogP contribution in [0.2, 0.25) is 0 Å². The predicted octanol–water partition coefficient (Wildman–Crippen LogP) is 6.14. The van der Waals surface area contributed by atoms with E-state index in [1.807, 2.05) is 42.5 Å². The fourth-order valence-electron chi connectivity index (χ4n) is 4.57. The Morgan fingerprint density at radius 1 is 0.800 bits per heavy atom. The molecule has 0 spiro atoms. The van der Waals surface area contributed by atoms with Crippen molar-refractivity contribution in [3.05, 3.63) is 102 Å². The highest BCUT2D eigenvalue weighted by Gasteiger charge is 2.28. The summed E-state index contributed by atoms with van der Waals surface area (Å²) >= 11 is 0. The first-order chi connectivity index (χ1) is 14.8. The van der Waals surface area contributed by atoms with E-state index in [-0.39, 0.29) is 5.82 Å². The molecular weight excluding hydrogens is 373 g/mol. The van der Waals surface area contributed by atoms with Crippen LogP contribution < -0.4 is 4.74 Å². The van der Waals surface area contributed by atoms with Gasteiger partial charge in [0.2, 0.25) is 0 Å². The summed E-state index contributed by atoms with van der Waals surface area (Å²) in [5, 5.41) is 0. The Kier molecular flexibility index (Phi) is 7.15. The first-order valence-corrected chi connectivity index (χ1v) is 11.0. The molecule has 1 heterocycles. The lowest BCUT2D eigenvalue weighted by Crippen LogP contribution is -2.36. The van der Waals surface area contributed by atoms with E-state index in [9.17, 15) is 4.39 Å². The summed E-state index contributed by atoms with van der Waals surface area (Å²) in [6.45, 7) is 4.05. The van der Waals surface area contributed by atoms with Crippen LogP contribution in [0.5, 0.6) is 5.75 Å². The van der Waals surface area contributed by atoms with Crippen LogP contribution in [0.15, 0.2) is 84.9 Å². The summed E-state index contributed by atoms with van der Waals surface area (Å²) in [6.07, 6.45) is 3.37. The predicted molar refractivity (Wildman–Crippen MR) is 120 cm³/mol. The highest BCUT2D eigenvalue weighted by molar-refractivity contribution is 5.33. The van der Waals surface area contributed by atoms with Crippen molar-refractivity contribution in [3.8, 4) is 5.75 Å². The molecule has 3 aromatic carbocycles. The molecule has 3 heteroatoms. The van der Waals surface area contributed by atoms with E-state index < -0.39 is 0 Å². The minimum atomic E-state index is -0.168. The largest absolute Gasteiger partial charge is 0.494 e. The second-order valence-electron chi connectivity index (χ2n) is 8.13. The minimum absolute atomic E-state index is 0.168. The Labute approximate surface area is 179 Å². The molecule has 0 aromatic heterocycles. The maximum atomic E-state index is 13.5. The van der Waals surface area contributed by atoms with Crippen LogP contribution in [0, 0.1) is 11.7 Å². The Morgan fingerprint density at radius 2 is 1.40 bits per heavy atom. The smallest absolute Gasteiger partial charge is 0.123 e. The van der Waals surface area contributed by atoms with E-state index in [2.05, 4.69) is 35.2 Å². The number of hydrogen-bond acceptors (Lipinski definition) is 2. The topological polar surface area (TPSA) is 12.5 Å². The molecule has 156 valence electrons. The van der Waals surface area contributed by atoms with Gasteiger partial charge in [-0.15, -0.1) is 0 Å². The molecule has 1 fully saturated rings. The van der Waals surface area contributed by atoms with Crippen LogP contribution in [0.3, 0.4) is 0 Å². The number of rotatable bonds is 8. The molecule has 0 amide bonds. The summed E-state index contributed by atoms with van der Waals surface area (Å²) in [6, 6.07) is 27.8. The van der Waals surface area contributed by atoms with Crippen molar-refractivity contribution in [1.82, 2.24) is 4.90 Å². The lowest BCUT2D eigenvalue weighted by atomic mass is 9.76. The fraction of sp³-hybridized carbons (Fsp3) is 0.333. The highest BCUT2D eigenvalue weighted by Crippen LogP contribution is 2.38. The highest BCUT2D eigenvalue weighted by atomic mass is 19.1. The number of benzene rings is 3. The molecule has 0 aliphatic carbocycles. The Morgan fingerprint density at radius 3 is 2.07 bits per heavy atom. The minimum Gasteiger partial charge on any atom is -0.494 e. The quantitative estimate of drug-likeness (QED) is 0.419. The van der Waals surface area contributed by atoms with Crippen LogP contribution in [0.1, 0.15) is 36.3 Å². The SMILES string of the molecule is Fc1ccc(C(c2ccccc2)C2CCN(CCCOc3ccccc3)CC2)cc1. The van der Waals surface area contributed by atoms with Gasteiger partial charge in [-0.05, 0) is 73.7 Å². The van der Waals surface area contributed by atoms with Gasteiger partial charge < -0.3 is 9.64 Å². The maximum Gasteiger partial charge on any atom is 0.123 e. The molecule has 1 atom stereocenters. The summed E-state index contributed by atoms with van der Waals surface area (Å²) in [5.41, 5.74) is 2.55. The second kappa shape index (κ2) is 10.4. The number of likely N-dealkylation sites (tertiary alicyclic amines) is 1. The molecule has 2 nitrogen and oxygen atoms in total. The van der Waals surface area contributed by atoms with Crippen molar-refractivity contribution >= 4 is 0 Å². The van der Waals surface area contributed by atoms with Crippen molar-refractivity contribution in [1.29, 1.82) is 0 Å². The van der Waals surface area contributed by atoms with Crippen LogP contribution in [0.25, 0.3) is 0 Å². The number of halogens is 1. The van der Waals surface area contributed by atoms with E-state index in [4.69, 9.17) is 4.74 Å². The second-order valence-corrected chi connectivity index (χ2v) is 8.13. The zero-order valence-corrected chi connectivity index (χ0v) is 17.4. The van der Waals surface area contributed by atoms with Crippen molar-refractivity contribution in [2.45, 2.75) is 25.2 Å². The van der Waals surface area contributed by atoms with E-state index in [1.54, 1.807) is 12.1 Å². The summed E-state index contributed by atoms with van der Waals surface area (Å²) in [5.74, 6) is 1.68. The van der Waals surface area contributed by atoms with Gasteiger partial charge in [0.25, 0.3) is 0 Å². The zero-order chi connectivity index (χ0) is 20.6. The number of hydrogen-bond donors (Lipinski definition) is 0. The molecule has 3 aromatic rings. The molecule has 0 saturated carbocycles. The molecular formula is C27H30FNO. The van der Waals surface area contributed by atoms with Crippen molar-refractivity contribution in [3.63, 3.8) is 0 Å². The monoisotopic (exact) mass is 403 g/mol. The van der Waals surface area contributed by atoms with Gasteiger partial charge in [0.1, 0.15) is 11.6 Å². The van der Waals surface area contributed by atoms with Crippen LogP contribution in [-0.4, -0.2) is 31.1 Å². The van der Waals surface area contributed by atoms with E-state index in [0.29, 0.717) is 11.8 Å². The molecule has 1 saturated heterocycles. The van der Waals surface area contributed by atoms with Gasteiger partial charge in [0.15, 0.2) is 0 Å². The summed E-state index contributed by atoms with van der Waals surface area (Å²) in [7, 11) is 0. The molecule has 0 N–H and O–H groups in total. The molecule has 1 aliphatic heterocycles. The third kappa shape index (κ3) is 5.48. The number of piperidine rings is 1. The Bertz CT molecular complexity index is 874. The normalized spacial score (nSPS) is 16.3. The van der Waals surface area contributed by atoms with Gasteiger partial charge in [0, 0.05) is 12.5 Å².